The molecule has 0 atom stereocenters. The van der Waals surface area contributed by atoms with Crippen LogP contribution in [0, 0.1) is 0 Å². The number of carbonyl (C=O) groups is 1. The van der Waals surface area contributed by atoms with Crippen LogP contribution in [0.25, 0.3) is 0 Å². The van der Waals surface area contributed by atoms with E-state index in [9.17, 15) is 4.79 Å². The second-order valence-electron chi connectivity index (χ2n) is 6.08. The number of nitrogens with two attached hydrogens (primary N) is 1. The number of nitrogen functional groups attached to an aromatic ring is 1. The molecule has 0 fully saturated rings. The molecule has 1 aromatic heterocycles. The van der Waals surface area contributed by atoms with Gasteiger partial charge in [-0.05, 0) is 26.7 Å². The van der Waals surface area contributed by atoms with Gasteiger partial charge in [-0.3, -0.25) is 9.48 Å². The highest BCUT2D eigenvalue weighted by molar-refractivity contribution is 5.82. The van der Waals surface area contributed by atoms with E-state index < -0.39 is 0 Å². The monoisotopic (exact) mass is 267 g/mol. The molecule has 0 bridgehead atoms. The van der Waals surface area contributed by atoms with Gasteiger partial charge >= 0.3 is 0 Å². The molecule has 1 rings (SSSR count). The van der Waals surface area contributed by atoms with Crippen LogP contribution in [0.1, 0.15) is 46.2 Å². The third kappa shape index (κ3) is 4.15. The Hall–Kier alpha value is -1.72. The number of aryl methyl sites for hydroxylation is 1. The van der Waals surface area contributed by atoms with E-state index in [-0.39, 0.29) is 23.9 Å². The van der Waals surface area contributed by atoms with Crippen molar-refractivity contribution in [1.82, 2.24) is 15.1 Å². The smallest absolute Gasteiger partial charge is 0.239 e. The second-order valence-corrected chi connectivity index (χ2v) is 6.08. The lowest BCUT2D eigenvalue weighted by molar-refractivity contribution is -0.120. The first kappa shape index (κ1) is 15.3. The average Bonchev–Trinajstić information content (AvgIpc) is 2.49. The van der Waals surface area contributed by atoms with Crippen molar-refractivity contribution >= 4 is 17.4 Å². The van der Waals surface area contributed by atoms with E-state index in [4.69, 9.17) is 5.73 Å². The van der Waals surface area contributed by atoms with Gasteiger partial charge in [-0.25, -0.2) is 0 Å². The van der Waals surface area contributed by atoms with Crippen LogP contribution in [-0.2, 0) is 11.8 Å². The van der Waals surface area contributed by atoms with Crippen molar-refractivity contribution in [2.24, 2.45) is 7.05 Å². The van der Waals surface area contributed by atoms with Crippen molar-refractivity contribution in [3.8, 4) is 0 Å². The summed E-state index contributed by atoms with van der Waals surface area (Å²) in [6, 6.07) is 0. The molecule has 1 amide bonds. The van der Waals surface area contributed by atoms with E-state index in [1.54, 1.807) is 4.68 Å². The number of anilines is 2. The van der Waals surface area contributed by atoms with E-state index in [1.807, 2.05) is 41.7 Å². The molecule has 0 radical (unpaired) electrons. The summed E-state index contributed by atoms with van der Waals surface area (Å²) in [4.78, 5) is 11.8. The number of aromatic nitrogens is 2. The van der Waals surface area contributed by atoms with E-state index in [2.05, 4.69) is 15.7 Å². The SMILES string of the molecule is CC(C)c1nn(C)c(NCC(=O)NC(C)(C)C)c1N. The van der Waals surface area contributed by atoms with E-state index in [0.29, 0.717) is 11.5 Å². The molecular formula is C13H25N5O. The number of nitrogens with zero attached hydrogens (tertiary/aromatic N) is 2. The maximum absolute atomic E-state index is 11.8. The van der Waals surface area contributed by atoms with Crippen LogP contribution < -0.4 is 16.4 Å². The first-order valence-corrected chi connectivity index (χ1v) is 6.49. The Bertz CT molecular complexity index is 456. The Balaban J connectivity index is 2.71. The van der Waals surface area contributed by atoms with Gasteiger partial charge < -0.3 is 16.4 Å². The van der Waals surface area contributed by atoms with Crippen molar-refractivity contribution in [1.29, 1.82) is 0 Å². The normalized spacial score (nSPS) is 11.7. The predicted octanol–water partition coefficient (Wildman–Crippen LogP) is 1.45. The fourth-order valence-electron chi connectivity index (χ4n) is 1.82. The zero-order valence-electron chi connectivity index (χ0n) is 12.7. The molecule has 0 saturated carbocycles. The Morgan fingerprint density at radius 1 is 1.42 bits per heavy atom. The number of hydrogen-bond donors (Lipinski definition) is 3. The van der Waals surface area contributed by atoms with E-state index in [1.165, 1.54) is 0 Å². The van der Waals surface area contributed by atoms with Gasteiger partial charge in [-0.1, -0.05) is 13.8 Å². The highest BCUT2D eigenvalue weighted by atomic mass is 16.2. The number of amides is 1. The number of nitrogens with one attached hydrogen (secondary N) is 2. The molecule has 6 nitrogen and oxygen atoms in total. The molecule has 1 heterocycles. The Labute approximate surface area is 114 Å². The number of carbonyl (C=O) groups excluding carboxylic acids is 1. The summed E-state index contributed by atoms with van der Waals surface area (Å²) in [6.45, 7) is 10.1. The number of hydrogen-bond acceptors (Lipinski definition) is 4. The van der Waals surface area contributed by atoms with Crippen molar-refractivity contribution in [3.63, 3.8) is 0 Å². The summed E-state index contributed by atoms with van der Waals surface area (Å²) in [7, 11) is 1.81. The van der Waals surface area contributed by atoms with Crippen LogP contribution in [0.5, 0.6) is 0 Å². The first-order valence-electron chi connectivity index (χ1n) is 6.49. The quantitative estimate of drug-likeness (QED) is 0.771. The lowest BCUT2D eigenvalue weighted by atomic mass is 10.1. The maximum atomic E-state index is 11.8. The molecule has 0 unspecified atom stereocenters. The number of rotatable bonds is 4. The van der Waals surface area contributed by atoms with Gasteiger partial charge in [0.25, 0.3) is 0 Å². The van der Waals surface area contributed by atoms with Crippen LogP contribution in [0.4, 0.5) is 11.5 Å². The minimum atomic E-state index is -0.236. The molecule has 0 aliphatic carbocycles. The molecule has 6 heteroatoms. The molecule has 0 aliphatic heterocycles. The molecule has 0 spiro atoms. The summed E-state index contributed by atoms with van der Waals surface area (Å²) < 4.78 is 1.68. The van der Waals surface area contributed by atoms with Gasteiger partial charge in [-0.2, -0.15) is 5.10 Å². The molecule has 0 aromatic carbocycles. The van der Waals surface area contributed by atoms with Crippen LogP contribution in [0.3, 0.4) is 0 Å². The predicted molar refractivity (Wildman–Crippen MR) is 78.1 cm³/mol. The lowest BCUT2D eigenvalue weighted by Gasteiger charge is -2.20. The van der Waals surface area contributed by atoms with Crippen LogP contribution in [0.15, 0.2) is 0 Å². The zero-order valence-corrected chi connectivity index (χ0v) is 12.7. The Morgan fingerprint density at radius 2 is 2.00 bits per heavy atom. The zero-order chi connectivity index (χ0) is 14.8. The Morgan fingerprint density at radius 3 is 2.42 bits per heavy atom. The first-order chi connectivity index (χ1) is 8.61. The fraction of sp³-hybridized carbons (Fsp3) is 0.692. The molecular weight excluding hydrogens is 242 g/mol. The molecule has 108 valence electrons. The minimum Gasteiger partial charge on any atom is -0.394 e. The summed E-state index contributed by atoms with van der Waals surface area (Å²) in [5.74, 6) is 0.872. The topological polar surface area (TPSA) is 85.0 Å². The van der Waals surface area contributed by atoms with Crippen molar-refractivity contribution in [3.05, 3.63) is 5.69 Å². The van der Waals surface area contributed by atoms with Crippen LogP contribution >= 0.6 is 0 Å². The summed E-state index contributed by atoms with van der Waals surface area (Å²) in [5.41, 5.74) is 7.27. The molecule has 4 N–H and O–H groups in total. The van der Waals surface area contributed by atoms with Gasteiger partial charge in [0.2, 0.25) is 5.91 Å². The van der Waals surface area contributed by atoms with Crippen LogP contribution in [-0.4, -0.2) is 27.8 Å². The summed E-state index contributed by atoms with van der Waals surface area (Å²) >= 11 is 0. The van der Waals surface area contributed by atoms with Gasteiger partial charge in [0.15, 0.2) is 0 Å². The van der Waals surface area contributed by atoms with Gasteiger partial charge in [0.1, 0.15) is 5.82 Å². The standard InChI is InChI=1S/C13H25N5O/c1-8(2)11-10(14)12(18(6)17-11)15-7-9(19)16-13(3,4)5/h8,15H,7,14H2,1-6H3,(H,16,19). The molecule has 0 aliphatic rings. The Kier molecular flexibility index (Phi) is 4.44. The summed E-state index contributed by atoms with van der Waals surface area (Å²) in [6.07, 6.45) is 0. The average molecular weight is 267 g/mol. The third-order valence-corrected chi connectivity index (χ3v) is 2.59. The van der Waals surface area contributed by atoms with Gasteiger partial charge in [0, 0.05) is 12.6 Å². The highest BCUT2D eigenvalue weighted by Crippen LogP contribution is 2.27. The third-order valence-electron chi connectivity index (χ3n) is 2.59. The highest BCUT2D eigenvalue weighted by Gasteiger charge is 2.18. The van der Waals surface area contributed by atoms with Gasteiger partial charge in [0.05, 0.1) is 17.9 Å². The second kappa shape index (κ2) is 5.50. The molecule has 1 aromatic rings. The van der Waals surface area contributed by atoms with Crippen molar-refractivity contribution < 1.29 is 4.79 Å². The van der Waals surface area contributed by atoms with Crippen LogP contribution in [0.2, 0.25) is 0 Å². The van der Waals surface area contributed by atoms with E-state index >= 15 is 0 Å². The van der Waals surface area contributed by atoms with Crippen molar-refractivity contribution in [2.75, 3.05) is 17.6 Å². The molecule has 0 saturated heterocycles. The minimum absolute atomic E-state index is 0.0702. The van der Waals surface area contributed by atoms with E-state index in [0.717, 1.165) is 5.69 Å². The fourth-order valence-corrected chi connectivity index (χ4v) is 1.82. The summed E-state index contributed by atoms with van der Waals surface area (Å²) in [5, 5.41) is 10.3. The molecule has 19 heavy (non-hydrogen) atoms. The van der Waals surface area contributed by atoms with Gasteiger partial charge in [-0.15, -0.1) is 0 Å². The van der Waals surface area contributed by atoms with Crippen molar-refractivity contribution in [2.45, 2.75) is 46.1 Å². The lowest BCUT2D eigenvalue weighted by Crippen LogP contribution is -2.43. The largest absolute Gasteiger partial charge is 0.394 e. The maximum Gasteiger partial charge on any atom is 0.239 e.